The average molecular weight is 362 g/mol. The number of aryl methyl sites for hydroxylation is 1. The summed E-state index contributed by atoms with van der Waals surface area (Å²) in [5, 5.41) is 2.68. The van der Waals surface area contributed by atoms with Gasteiger partial charge in [0.15, 0.2) is 0 Å². The van der Waals surface area contributed by atoms with Gasteiger partial charge in [0, 0.05) is 31.7 Å². The zero-order valence-corrected chi connectivity index (χ0v) is 14.9. The lowest BCUT2D eigenvalue weighted by Crippen LogP contribution is -2.36. The van der Waals surface area contributed by atoms with Crippen LogP contribution in [-0.2, 0) is 14.8 Å². The molecule has 0 spiro atoms. The first-order valence-corrected chi connectivity index (χ1v) is 9.00. The molecule has 0 atom stereocenters. The molecule has 1 aromatic carbocycles. The van der Waals surface area contributed by atoms with Crippen molar-refractivity contribution in [3.8, 4) is 0 Å². The highest BCUT2D eigenvalue weighted by molar-refractivity contribution is 7.89. The van der Waals surface area contributed by atoms with E-state index in [2.05, 4.69) is 5.32 Å². The van der Waals surface area contributed by atoms with Crippen LogP contribution in [0, 0.1) is 6.92 Å². The number of rotatable bonds is 5. The smallest absolute Gasteiger partial charge is 0.243 e. The molecule has 1 aliphatic heterocycles. The van der Waals surface area contributed by atoms with E-state index in [1.165, 1.54) is 10.4 Å². The Kier molecular flexibility index (Phi) is 7.47. The van der Waals surface area contributed by atoms with E-state index in [4.69, 9.17) is 5.73 Å². The molecule has 2 rings (SSSR count). The molecule has 0 unspecified atom stereocenters. The van der Waals surface area contributed by atoms with Crippen LogP contribution in [-0.4, -0.2) is 38.3 Å². The maximum Gasteiger partial charge on any atom is 0.243 e. The molecule has 3 N–H and O–H groups in total. The van der Waals surface area contributed by atoms with Gasteiger partial charge in [0.25, 0.3) is 0 Å². The van der Waals surface area contributed by atoms with Crippen molar-refractivity contribution >= 4 is 34.0 Å². The maximum atomic E-state index is 12.8. The summed E-state index contributed by atoms with van der Waals surface area (Å²) in [5.41, 5.74) is 6.51. The lowest BCUT2D eigenvalue weighted by molar-refractivity contribution is -0.116. The van der Waals surface area contributed by atoms with Gasteiger partial charge in [-0.2, -0.15) is 4.31 Å². The number of hydrogen-bond acceptors (Lipinski definition) is 4. The van der Waals surface area contributed by atoms with Crippen LogP contribution in [0.1, 0.15) is 31.2 Å². The number of sulfonamides is 1. The van der Waals surface area contributed by atoms with Gasteiger partial charge in [-0.25, -0.2) is 8.42 Å². The van der Waals surface area contributed by atoms with E-state index < -0.39 is 10.0 Å². The molecule has 0 saturated carbocycles. The molecule has 0 aliphatic carbocycles. The normalized spacial score (nSPS) is 15.7. The van der Waals surface area contributed by atoms with Crippen LogP contribution < -0.4 is 11.1 Å². The molecule has 23 heavy (non-hydrogen) atoms. The zero-order chi connectivity index (χ0) is 16.2. The fraction of sp³-hybridized carbons (Fsp3) is 0.533. The number of amides is 1. The number of nitrogens with two attached hydrogens (primary N) is 1. The van der Waals surface area contributed by atoms with Crippen molar-refractivity contribution < 1.29 is 13.2 Å². The summed E-state index contributed by atoms with van der Waals surface area (Å²) in [5.74, 6) is -0.215. The number of carbonyl (C=O) groups excluding carboxylic acids is 1. The van der Waals surface area contributed by atoms with E-state index in [9.17, 15) is 13.2 Å². The van der Waals surface area contributed by atoms with Gasteiger partial charge in [0.2, 0.25) is 15.9 Å². The largest absolute Gasteiger partial charge is 0.330 e. The second-order valence-corrected chi connectivity index (χ2v) is 7.44. The van der Waals surface area contributed by atoms with Crippen LogP contribution in [0.4, 0.5) is 5.69 Å². The van der Waals surface area contributed by atoms with Gasteiger partial charge in [-0.3, -0.25) is 4.79 Å². The topological polar surface area (TPSA) is 92.5 Å². The van der Waals surface area contributed by atoms with Crippen LogP contribution in [0.5, 0.6) is 0 Å². The molecule has 130 valence electrons. The van der Waals surface area contributed by atoms with Crippen molar-refractivity contribution in [1.29, 1.82) is 0 Å². The Morgan fingerprint density at radius 2 is 1.91 bits per heavy atom. The highest BCUT2D eigenvalue weighted by Crippen LogP contribution is 2.26. The summed E-state index contributed by atoms with van der Waals surface area (Å²) in [7, 11) is -3.51. The van der Waals surface area contributed by atoms with Gasteiger partial charge < -0.3 is 11.1 Å². The number of anilines is 1. The Labute approximate surface area is 143 Å². The summed E-state index contributed by atoms with van der Waals surface area (Å²) < 4.78 is 27.1. The zero-order valence-electron chi connectivity index (χ0n) is 13.2. The molecule has 0 aromatic heterocycles. The molecule has 1 saturated heterocycles. The molecule has 0 bridgehead atoms. The highest BCUT2D eigenvalue weighted by atomic mass is 35.5. The van der Waals surface area contributed by atoms with Crippen molar-refractivity contribution in [2.45, 2.75) is 37.5 Å². The summed E-state index contributed by atoms with van der Waals surface area (Å²) in [6, 6.07) is 4.96. The molecule has 1 fully saturated rings. The fourth-order valence-electron chi connectivity index (χ4n) is 2.55. The number of hydrogen-bond donors (Lipinski definition) is 2. The summed E-state index contributed by atoms with van der Waals surface area (Å²) in [6.45, 7) is 3.15. The third kappa shape index (κ3) is 4.91. The molecular weight excluding hydrogens is 338 g/mol. The van der Waals surface area contributed by atoms with Crippen molar-refractivity contribution in [2.24, 2.45) is 5.73 Å². The third-order valence-corrected chi connectivity index (χ3v) is 5.82. The molecule has 1 amide bonds. The average Bonchev–Trinajstić information content (AvgIpc) is 2.50. The molecule has 8 heteroatoms. The summed E-state index contributed by atoms with van der Waals surface area (Å²) >= 11 is 0. The first-order chi connectivity index (χ1) is 10.4. The van der Waals surface area contributed by atoms with Gasteiger partial charge in [-0.1, -0.05) is 12.5 Å². The third-order valence-electron chi connectivity index (χ3n) is 3.78. The van der Waals surface area contributed by atoms with E-state index >= 15 is 0 Å². The van der Waals surface area contributed by atoms with Crippen LogP contribution >= 0.6 is 12.4 Å². The first-order valence-electron chi connectivity index (χ1n) is 7.56. The SMILES string of the molecule is Cc1ccc(NC(=O)CCN)cc1S(=O)(=O)N1CCCCC1.Cl. The minimum atomic E-state index is -3.51. The Morgan fingerprint density at radius 1 is 1.26 bits per heavy atom. The van der Waals surface area contributed by atoms with Crippen LogP contribution in [0.2, 0.25) is 0 Å². The highest BCUT2D eigenvalue weighted by Gasteiger charge is 2.27. The van der Waals surface area contributed by atoms with Gasteiger partial charge in [0.1, 0.15) is 0 Å². The predicted octanol–water partition coefficient (Wildman–Crippen LogP) is 1.88. The van der Waals surface area contributed by atoms with Crippen molar-refractivity contribution in [1.82, 2.24) is 4.31 Å². The van der Waals surface area contributed by atoms with Crippen molar-refractivity contribution in [3.63, 3.8) is 0 Å². The lowest BCUT2D eigenvalue weighted by atomic mass is 10.2. The molecule has 6 nitrogen and oxygen atoms in total. The fourth-order valence-corrected chi connectivity index (χ4v) is 4.32. The van der Waals surface area contributed by atoms with E-state index in [1.54, 1.807) is 19.1 Å². The monoisotopic (exact) mass is 361 g/mol. The van der Waals surface area contributed by atoms with E-state index in [1.807, 2.05) is 0 Å². The Hall–Kier alpha value is -1.15. The van der Waals surface area contributed by atoms with Crippen LogP contribution in [0.25, 0.3) is 0 Å². The van der Waals surface area contributed by atoms with E-state index in [0.717, 1.165) is 19.3 Å². The summed E-state index contributed by atoms with van der Waals surface area (Å²) in [6.07, 6.45) is 3.07. The van der Waals surface area contributed by atoms with Crippen LogP contribution in [0.3, 0.4) is 0 Å². The van der Waals surface area contributed by atoms with E-state index in [-0.39, 0.29) is 36.2 Å². The van der Waals surface area contributed by atoms with Crippen molar-refractivity contribution in [3.05, 3.63) is 23.8 Å². The number of piperidine rings is 1. The first kappa shape index (κ1) is 19.9. The Bertz CT molecular complexity index is 643. The second-order valence-electron chi connectivity index (χ2n) is 5.53. The van der Waals surface area contributed by atoms with Gasteiger partial charge in [-0.05, 0) is 37.5 Å². The van der Waals surface area contributed by atoms with E-state index in [0.29, 0.717) is 24.3 Å². The Balaban J connectivity index is 0.00000264. The molecular formula is C15H24ClN3O3S. The van der Waals surface area contributed by atoms with Gasteiger partial charge in [-0.15, -0.1) is 12.4 Å². The lowest BCUT2D eigenvalue weighted by Gasteiger charge is -2.26. The number of nitrogens with one attached hydrogen (secondary N) is 1. The Morgan fingerprint density at radius 3 is 2.52 bits per heavy atom. The number of halogens is 1. The molecule has 1 heterocycles. The molecule has 0 radical (unpaired) electrons. The number of benzene rings is 1. The van der Waals surface area contributed by atoms with Gasteiger partial charge >= 0.3 is 0 Å². The second kappa shape index (κ2) is 8.63. The quantitative estimate of drug-likeness (QED) is 0.837. The van der Waals surface area contributed by atoms with Crippen molar-refractivity contribution in [2.75, 3.05) is 25.0 Å². The van der Waals surface area contributed by atoms with Crippen LogP contribution in [0.15, 0.2) is 23.1 Å². The number of nitrogens with zero attached hydrogens (tertiary/aromatic N) is 1. The minimum absolute atomic E-state index is 0. The minimum Gasteiger partial charge on any atom is -0.330 e. The number of carbonyl (C=O) groups is 1. The summed E-state index contributed by atoms with van der Waals surface area (Å²) in [4.78, 5) is 11.9. The molecule has 1 aromatic rings. The predicted molar refractivity (Wildman–Crippen MR) is 93.3 cm³/mol. The molecule has 1 aliphatic rings. The van der Waals surface area contributed by atoms with Gasteiger partial charge in [0.05, 0.1) is 4.90 Å². The maximum absolute atomic E-state index is 12.8. The standard InChI is InChI=1S/C15H23N3O3S.ClH/c1-12-5-6-13(17-15(19)7-8-16)11-14(12)22(20,21)18-9-3-2-4-10-18;/h5-6,11H,2-4,7-10,16H2,1H3,(H,17,19);1H.